The van der Waals surface area contributed by atoms with Crippen molar-refractivity contribution in [2.75, 3.05) is 24.7 Å². The Balaban J connectivity index is 1.77. The van der Waals surface area contributed by atoms with E-state index in [9.17, 15) is 32.5 Å². The average molecular weight is 744 g/mol. The topological polar surface area (TPSA) is 171 Å². The molecule has 3 aliphatic heterocycles. The molecule has 0 fully saturated rings. The molecule has 0 atom stereocenters. The maximum absolute atomic E-state index is 13.3. The molecule has 0 bridgehead atoms. The number of aromatic carboxylic acids is 1. The van der Waals surface area contributed by atoms with E-state index in [1.807, 2.05) is 63.4 Å². The summed E-state index contributed by atoms with van der Waals surface area (Å²) in [5.74, 6) is -2.28. The number of Topliss-reactive ketones (excluding diaryl/α,β-unsaturated/α-hetero) is 1. The summed E-state index contributed by atoms with van der Waals surface area (Å²) < 4.78 is 43.1. The summed E-state index contributed by atoms with van der Waals surface area (Å²) in [7, 11) is -0.699. The Bertz CT molecular complexity index is 2470. The molecule has 0 spiro atoms. The molecule has 0 unspecified atom stereocenters. The largest absolute Gasteiger partial charge is 0.478 e. The van der Waals surface area contributed by atoms with Crippen molar-refractivity contribution in [2.45, 2.75) is 66.0 Å². The van der Waals surface area contributed by atoms with Crippen LogP contribution >= 0.6 is 0 Å². The average Bonchev–Trinajstić information content (AvgIpc) is 3.05. The van der Waals surface area contributed by atoms with E-state index in [-0.39, 0.29) is 28.9 Å². The lowest BCUT2D eigenvalue weighted by Crippen LogP contribution is -2.47. The van der Waals surface area contributed by atoms with Crippen LogP contribution in [-0.2, 0) is 19.8 Å². The quantitative estimate of drug-likeness (QED) is 0.0751. The van der Waals surface area contributed by atoms with Crippen LogP contribution < -0.4 is 24.8 Å². The van der Waals surface area contributed by atoms with Crippen molar-refractivity contribution in [3.8, 4) is 11.5 Å². The summed E-state index contributed by atoms with van der Waals surface area (Å²) in [5.41, 5.74) is 1.96. The fourth-order valence-electron chi connectivity index (χ4n) is 7.31. The lowest BCUT2D eigenvalue weighted by molar-refractivity contribution is -0.233. The van der Waals surface area contributed by atoms with Crippen molar-refractivity contribution < 1.29 is 47.3 Å². The molecule has 12 nitrogen and oxygen atoms in total. The van der Waals surface area contributed by atoms with E-state index in [0.717, 1.165) is 0 Å². The smallest absolute Gasteiger partial charge is 0.346 e. The van der Waals surface area contributed by atoms with Gasteiger partial charge in [0.15, 0.2) is 11.3 Å². The Morgan fingerprint density at radius 2 is 1.58 bits per heavy atom. The van der Waals surface area contributed by atoms with Crippen LogP contribution in [0.1, 0.15) is 97.9 Å². The van der Waals surface area contributed by atoms with Gasteiger partial charge in [-0.15, -0.1) is 0 Å². The van der Waals surface area contributed by atoms with Gasteiger partial charge in [0.25, 0.3) is 10.1 Å². The number of hydrogen-bond donors (Lipinski definition) is 3. The molecular weight excluding hydrogens is 701 g/mol. The first-order chi connectivity index (χ1) is 24.4. The van der Waals surface area contributed by atoms with Crippen LogP contribution in [0.2, 0.25) is 0 Å². The van der Waals surface area contributed by atoms with Gasteiger partial charge in [-0.05, 0) is 54.8 Å². The zero-order valence-electron chi connectivity index (χ0n) is 31.1. The van der Waals surface area contributed by atoms with Gasteiger partial charge in [0.1, 0.15) is 24.3 Å². The second-order valence-electron chi connectivity index (χ2n) is 16.0. The fourth-order valence-corrected chi connectivity index (χ4v) is 7.94. The molecular formula is C40H43N2O10S+. The highest BCUT2D eigenvalue weighted by Crippen LogP contribution is 2.47. The number of anilines is 1. The normalized spacial score (nSPS) is 17.0. The summed E-state index contributed by atoms with van der Waals surface area (Å²) >= 11 is 0. The third-order valence-electron chi connectivity index (χ3n) is 10.4. The number of nitrogens with zero attached hydrogens (tertiary/aromatic N) is 2. The van der Waals surface area contributed by atoms with Gasteiger partial charge in [-0.25, -0.2) is 14.2 Å². The van der Waals surface area contributed by atoms with Crippen LogP contribution in [0.15, 0.2) is 54.6 Å². The first kappa shape index (κ1) is 37.6. The number of carbonyl (C=O) groups excluding carboxylic acids is 2. The number of rotatable bonds is 7. The first-order valence-corrected chi connectivity index (χ1v) is 18.6. The molecule has 3 heterocycles. The van der Waals surface area contributed by atoms with Gasteiger partial charge in [0.05, 0.1) is 29.2 Å². The molecule has 3 aliphatic rings. The van der Waals surface area contributed by atoms with Crippen molar-refractivity contribution in [1.82, 2.24) is 4.58 Å². The lowest BCUT2D eigenvalue weighted by atomic mass is 9.81. The Hall–Kier alpha value is -5.11. The zero-order valence-corrected chi connectivity index (χ0v) is 31.9. The minimum Gasteiger partial charge on any atom is -0.478 e. The molecule has 53 heavy (non-hydrogen) atoms. The van der Waals surface area contributed by atoms with Crippen molar-refractivity contribution >= 4 is 50.2 Å². The SMILES string of the molecule is CN1c2cc3c(cc2C(CC(=O)OO)=CC1(C)C)C(c1ccc(C(=O)C(C)(C)C)cc1C(=O)O)=c1cc2c(cc1O3)=[N+](C)C(C)(C)C=C2CS(=O)(=O)O. The second-order valence-corrected chi connectivity index (χ2v) is 17.4. The summed E-state index contributed by atoms with van der Waals surface area (Å²) in [4.78, 5) is 44.9. The number of carboxylic acid groups (broad SMARTS) is 1. The number of likely N-dealkylation sites (N-methyl/N-ethyl adjacent to an activating group) is 2. The van der Waals surface area contributed by atoms with E-state index in [0.29, 0.717) is 61.2 Å². The number of ether oxygens (including phenoxy) is 1. The highest BCUT2D eigenvalue weighted by atomic mass is 32.2. The van der Waals surface area contributed by atoms with Crippen LogP contribution in [0.4, 0.5) is 5.69 Å². The molecule has 0 saturated carbocycles. The second kappa shape index (κ2) is 12.5. The van der Waals surface area contributed by atoms with Crippen LogP contribution in [0, 0.1) is 5.41 Å². The monoisotopic (exact) mass is 743 g/mol. The lowest BCUT2D eigenvalue weighted by Gasteiger charge is -2.41. The molecule has 0 saturated heterocycles. The summed E-state index contributed by atoms with van der Waals surface area (Å²) in [6.45, 7) is 13.0. The molecule has 0 aromatic heterocycles. The van der Waals surface area contributed by atoms with Gasteiger partial charge in [0.2, 0.25) is 5.36 Å². The van der Waals surface area contributed by atoms with Gasteiger partial charge in [-0.1, -0.05) is 39.0 Å². The number of carboxylic acids is 1. The van der Waals surface area contributed by atoms with Gasteiger partial charge < -0.3 is 19.6 Å². The molecule has 13 heteroatoms. The molecule has 3 aromatic rings. The third-order valence-corrected chi connectivity index (χ3v) is 11.1. The highest BCUT2D eigenvalue weighted by molar-refractivity contribution is 7.86. The molecule has 0 radical (unpaired) electrons. The zero-order chi connectivity index (χ0) is 39.2. The highest BCUT2D eigenvalue weighted by Gasteiger charge is 2.37. The summed E-state index contributed by atoms with van der Waals surface area (Å²) in [5, 5.41) is 20.9. The van der Waals surface area contributed by atoms with E-state index in [1.165, 1.54) is 6.07 Å². The molecule has 3 aromatic carbocycles. The van der Waals surface area contributed by atoms with Crippen LogP contribution in [-0.4, -0.2) is 72.0 Å². The Morgan fingerprint density at radius 3 is 2.19 bits per heavy atom. The fraction of sp³-hybridized carbons (Fsp3) is 0.350. The van der Waals surface area contributed by atoms with Crippen molar-refractivity contribution in [2.24, 2.45) is 5.41 Å². The molecule has 278 valence electrons. The number of hydrogen-bond acceptors (Lipinski definition) is 9. The standard InChI is InChI=1S/C40H42N2O10S/c1-38(2,3)36(44)21-10-11-24(27(12-21)37(45)46)35-28-14-25-22(13-34(43)52-47)18-39(4,5)41(8)30(25)16-32(28)51-33-17-31-26(15-29(33)35)23(20-53(48,49)50)19-40(6,7)42(31)9/h10-12,14-19H,13,20H2,1-9H3,(H2-,45,46,47,48,49,50)/p+1. The molecule has 3 N–H and O–H groups in total. The number of benzene rings is 3. The first-order valence-electron chi connectivity index (χ1n) is 17.0. The third kappa shape index (κ3) is 6.68. The molecule has 0 aliphatic carbocycles. The van der Waals surface area contributed by atoms with Gasteiger partial charge in [0, 0.05) is 65.5 Å². The number of ketones is 1. The summed E-state index contributed by atoms with van der Waals surface area (Å²) in [6.07, 6.45) is 3.41. The van der Waals surface area contributed by atoms with E-state index in [4.69, 9.17) is 9.99 Å². The van der Waals surface area contributed by atoms with Gasteiger partial charge in [-0.3, -0.25) is 9.35 Å². The predicted molar refractivity (Wildman–Crippen MR) is 200 cm³/mol. The Kier molecular flexibility index (Phi) is 8.88. The van der Waals surface area contributed by atoms with E-state index >= 15 is 0 Å². The van der Waals surface area contributed by atoms with E-state index in [1.54, 1.807) is 57.2 Å². The van der Waals surface area contributed by atoms with Crippen LogP contribution in [0.5, 0.6) is 11.5 Å². The van der Waals surface area contributed by atoms with Crippen molar-refractivity contribution in [3.63, 3.8) is 0 Å². The molecule has 6 rings (SSSR count). The van der Waals surface area contributed by atoms with Crippen molar-refractivity contribution in [3.05, 3.63) is 98.6 Å². The summed E-state index contributed by atoms with van der Waals surface area (Å²) in [6, 6.07) is 11.7. The Labute approximate surface area is 307 Å². The Morgan fingerprint density at radius 1 is 0.906 bits per heavy atom. The number of fused-ring (bicyclic) bond motifs is 4. The molecule has 0 amide bonds. The van der Waals surface area contributed by atoms with E-state index in [2.05, 4.69) is 4.89 Å². The minimum absolute atomic E-state index is 0.144. The maximum Gasteiger partial charge on any atom is 0.346 e. The maximum atomic E-state index is 13.3. The van der Waals surface area contributed by atoms with Gasteiger partial charge >= 0.3 is 11.9 Å². The van der Waals surface area contributed by atoms with Crippen LogP contribution in [0.25, 0.3) is 16.7 Å². The van der Waals surface area contributed by atoms with E-state index < -0.39 is 44.3 Å². The van der Waals surface area contributed by atoms with Crippen LogP contribution in [0.3, 0.4) is 0 Å². The van der Waals surface area contributed by atoms with Crippen molar-refractivity contribution in [1.29, 1.82) is 0 Å². The van der Waals surface area contributed by atoms with Gasteiger partial charge in [-0.2, -0.15) is 13.7 Å². The number of carbonyl (C=O) groups is 3. The minimum atomic E-state index is -4.46. The predicted octanol–water partition coefficient (Wildman–Crippen LogP) is 5.17.